The Bertz CT molecular complexity index is 550. The Morgan fingerprint density at radius 1 is 1.28 bits per heavy atom. The molecule has 4 heteroatoms. The van der Waals surface area contributed by atoms with Crippen molar-refractivity contribution in [3.8, 4) is 0 Å². The van der Waals surface area contributed by atoms with Gasteiger partial charge in [0.15, 0.2) is 5.82 Å². The number of aryl methyl sites for hydroxylation is 1. The number of rotatable bonds is 3. The molecule has 1 saturated heterocycles. The third kappa shape index (κ3) is 2.16. The minimum atomic E-state index is 0.312. The molecule has 0 spiro atoms. The van der Waals surface area contributed by atoms with Gasteiger partial charge in [-0.15, -0.1) is 5.10 Å². The number of aromatic nitrogens is 2. The van der Waals surface area contributed by atoms with Crippen LogP contribution >= 0.6 is 0 Å². The molecule has 2 aromatic rings. The molecule has 0 aliphatic carbocycles. The van der Waals surface area contributed by atoms with Crippen LogP contribution in [0.2, 0.25) is 0 Å². The predicted octanol–water partition coefficient (Wildman–Crippen LogP) is 2.53. The molecule has 94 valence electrons. The molecule has 1 fully saturated rings. The number of anilines is 1. The maximum Gasteiger partial charge on any atom is 0.156 e. The van der Waals surface area contributed by atoms with E-state index in [4.69, 9.17) is 4.74 Å². The van der Waals surface area contributed by atoms with E-state index >= 15 is 0 Å². The highest BCUT2D eigenvalue weighted by Crippen LogP contribution is 2.22. The smallest absolute Gasteiger partial charge is 0.156 e. The molecular formula is C14H17N3O. The predicted molar refractivity (Wildman–Crippen MR) is 71.7 cm³/mol. The zero-order valence-corrected chi connectivity index (χ0v) is 10.5. The van der Waals surface area contributed by atoms with E-state index in [1.165, 1.54) is 0 Å². The molecule has 1 aromatic heterocycles. The minimum Gasteiger partial charge on any atom is -0.376 e. The fraction of sp³-hybridized carbons (Fsp3) is 0.429. The van der Waals surface area contributed by atoms with Crippen LogP contribution in [0.1, 0.15) is 18.5 Å². The first-order valence-electron chi connectivity index (χ1n) is 6.42. The summed E-state index contributed by atoms with van der Waals surface area (Å²) in [6.07, 6.45) is 2.60. The summed E-state index contributed by atoms with van der Waals surface area (Å²) in [6, 6.07) is 8.22. The SMILES string of the molecule is Cc1nnc(NCC2CCCO2)c2ccccc12. The van der Waals surface area contributed by atoms with Crippen molar-refractivity contribution in [1.29, 1.82) is 0 Å². The quantitative estimate of drug-likeness (QED) is 0.900. The average molecular weight is 243 g/mol. The number of hydrogen-bond donors (Lipinski definition) is 1. The molecule has 0 radical (unpaired) electrons. The van der Waals surface area contributed by atoms with Gasteiger partial charge < -0.3 is 10.1 Å². The zero-order valence-electron chi connectivity index (χ0n) is 10.5. The summed E-state index contributed by atoms with van der Waals surface area (Å²) in [4.78, 5) is 0. The van der Waals surface area contributed by atoms with E-state index < -0.39 is 0 Å². The molecular weight excluding hydrogens is 226 g/mol. The molecule has 1 N–H and O–H groups in total. The van der Waals surface area contributed by atoms with Gasteiger partial charge in [-0.05, 0) is 19.8 Å². The van der Waals surface area contributed by atoms with Crippen LogP contribution in [-0.4, -0.2) is 29.5 Å². The van der Waals surface area contributed by atoms with Gasteiger partial charge in [-0.1, -0.05) is 24.3 Å². The Kier molecular flexibility index (Phi) is 3.11. The Hall–Kier alpha value is -1.68. The van der Waals surface area contributed by atoms with Crippen molar-refractivity contribution in [1.82, 2.24) is 10.2 Å². The average Bonchev–Trinajstić information content (AvgIpc) is 2.92. The van der Waals surface area contributed by atoms with E-state index in [1.54, 1.807) is 0 Å². The fourth-order valence-electron chi connectivity index (χ4n) is 2.38. The Labute approximate surface area is 106 Å². The van der Waals surface area contributed by atoms with Gasteiger partial charge in [-0.25, -0.2) is 0 Å². The molecule has 1 aliphatic rings. The lowest BCUT2D eigenvalue weighted by molar-refractivity contribution is 0.120. The van der Waals surface area contributed by atoms with Crippen LogP contribution in [0.25, 0.3) is 10.8 Å². The van der Waals surface area contributed by atoms with Crippen molar-refractivity contribution in [2.75, 3.05) is 18.5 Å². The van der Waals surface area contributed by atoms with Crippen molar-refractivity contribution < 1.29 is 4.74 Å². The number of nitrogens with one attached hydrogen (secondary N) is 1. The molecule has 1 unspecified atom stereocenters. The largest absolute Gasteiger partial charge is 0.376 e. The normalized spacial score (nSPS) is 19.3. The third-order valence-electron chi connectivity index (χ3n) is 3.39. The fourth-order valence-corrected chi connectivity index (χ4v) is 2.38. The standard InChI is InChI=1S/C14H17N3O/c1-10-12-6-2-3-7-13(12)14(17-16-10)15-9-11-5-4-8-18-11/h2-3,6-7,11H,4-5,8-9H2,1H3,(H,15,17). The van der Waals surface area contributed by atoms with Crippen LogP contribution < -0.4 is 5.32 Å². The maximum absolute atomic E-state index is 5.60. The number of fused-ring (bicyclic) bond motifs is 1. The summed E-state index contributed by atoms with van der Waals surface area (Å²) in [5.74, 6) is 0.853. The first-order valence-corrected chi connectivity index (χ1v) is 6.42. The van der Waals surface area contributed by atoms with Crippen LogP contribution in [0, 0.1) is 6.92 Å². The first-order chi connectivity index (χ1) is 8.84. The molecule has 0 bridgehead atoms. The number of benzene rings is 1. The lowest BCUT2D eigenvalue weighted by Gasteiger charge is -2.12. The van der Waals surface area contributed by atoms with Crippen LogP contribution in [0.15, 0.2) is 24.3 Å². The highest BCUT2D eigenvalue weighted by molar-refractivity contribution is 5.92. The number of hydrogen-bond acceptors (Lipinski definition) is 4. The summed E-state index contributed by atoms with van der Waals surface area (Å²) < 4.78 is 5.60. The molecule has 18 heavy (non-hydrogen) atoms. The molecule has 3 rings (SSSR count). The highest BCUT2D eigenvalue weighted by Gasteiger charge is 2.15. The molecule has 2 heterocycles. The maximum atomic E-state index is 5.60. The van der Waals surface area contributed by atoms with Crippen molar-refractivity contribution in [2.45, 2.75) is 25.9 Å². The van der Waals surface area contributed by atoms with Crippen molar-refractivity contribution in [2.24, 2.45) is 0 Å². The highest BCUT2D eigenvalue weighted by atomic mass is 16.5. The van der Waals surface area contributed by atoms with E-state index in [9.17, 15) is 0 Å². The van der Waals surface area contributed by atoms with Crippen LogP contribution in [0.4, 0.5) is 5.82 Å². The van der Waals surface area contributed by atoms with Crippen molar-refractivity contribution >= 4 is 16.6 Å². The summed E-state index contributed by atoms with van der Waals surface area (Å²) in [5, 5.41) is 14.1. The second-order valence-electron chi connectivity index (χ2n) is 4.70. The van der Waals surface area contributed by atoms with E-state index in [1.807, 2.05) is 19.1 Å². The molecule has 0 saturated carbocycles. The lowest BCUT2D eigenvalue weighted by Crippen LogP contribution is -2.19. The van der Waals surface area contributed by atoms with E-state index in [0.29, 0.717) is 6.10 Å². The van der Waals surface area contributed by atoms with Gasteiger partial charge in [0.25, 0.3) is 0 Å². The molecule has 1 atom stereocenters. The van der Waals surface area contributed by atoms with Gasteiger partial charge in [0.1, 0.15) is 0 Å². The number of ether oxygens (including phenoxy) is 1. The summed E-state index contributed by atoms with van der Waals surface area (Å²) in [6.45, 7) is 3.67. The Morgan fingerprint density at radius 3 is 2.89 bits per heavy atom. The zero-order chi connectivity index (χ0) is 12.4. The van der Waals surface area contributed by atoms with Crippen molar-refractivity contribution in [3.63, 3.8) is 0 Å². The third-order valence-corrected chi connectivity index (χ3v) is 3.39. The van der Waals surface area contributed by atoms with Gasteiger partial charge in [0.05, 0.1) is 11.8 Å². The topological polar surface area (TPSA) is 47.0 Å². The lowest BCUT2D eigenvalue weighted by atomic mass is 10.1. The van der Waals surface area contributed by atoms with Crippen molar-refractivity contribution in [3.05, 3.63) is 30.0 Å². The monoisotopic (exact) mass is 243 g/mol. The van der Waals surface area contributed by atoms with Crippen LogP contribution in [0.3, 0.4) is 0 Å². The van der Waals surface area contributed by atoms with Gasteiger partial charge >= 0.3 is 0 Å². The first kappa shape index (κ1) is 11.4. The minimum absolute atomic E-state index is 0.312. The Balaban J connectivity index is 1.85. The Morgan fingerprint density at radius 2 is 2.11 bits per heavy atom. The molecule has 1 aromatic carbocycles. The second kappa shape index (κ2) is 4.90. The molecule has 0 amide bonds. The van der Waals surface area contributed by atoms with Gasteiger partial charge in [-0.3, -0.25) is 0 Å². The van der Waals surface area contributed by atoms with E-state index in [0.717, 1.165) is 48.3 Å². The number of nitrogens with zero attached hydrogens (tertiary/aromatic N) is 2. The van der Waals surface area contributed by atoms with Gasteiger partial charge in [-0.2, -0.15) is 5.10 Å². The van der Waals surface area contributed by atoms with Gasteiger partial charge in [0, 0.05) is 23.9 Å². The van der Waals surface area contributed by atoms with E-state index in [-0.39, 0.29) is 0 Å². The van der Waals surface area contributed by atoms with Gasteiger partial charge in [0.2, 0.25) is 0 Å². The summed E-state index contributed by atoms with van der Waals surface area (Å²) in [7, 11) is 0. The second-order valence-corrected chi connectivity index (χ2v) is 4.70. The molecule has 4 nitrogen and oxygen atoms in total. The summed E-state index contributed by atoms with van der Waals surface area (Å²) in [5.41, 5.74) is 0.966. The van der Waals surface area contributed by atoms with Crippen LogP contribution in [-0.2, 0) is 4.74 Å². The molecule has 1 aliphatic heterocycles. The van der Waals surface area contributed by atoms with E-state index in [2.05, 4.69) is 27.6 Å². The van der Waals surface area contributed by atoms with Crippen LogP contribution in [0.5, 0.6) is 0 Å². The summed E-state index contributed by atoms with van der Waals surface area (Å²) >= 11 is 0.